The van der Waals surface area contributed by atoms with Gasteiger partial charge in [-0.25, -0.2) is 0 Å². The fourth-order valence-corrected chi connectivity index (χ4v) is 3.26. The van der Waals surface area contributed by atoms with Gasteiger partial charge in [0.25, 0.3) is 0 Å². The lowest BCUT2D eigenvalue weighted by atomic mass is 10.1. The molecule has 1 N–H and O–H groups in total. The van der Waals surface area contributed by atoms with Gasteiger partial charge < -0.3 is 19.7 Å². The summed E-state index contributed by atoms with van der Waals surface area (Å²) in [7, 11) is 0. The zero-order valence-corrected chi connectivity index (χ0v) is 14.2. The summed E-state index contributed by atoms with van der Waals surface area (Å²) in [6, 6.07) is 14.3. The number of amides is 1. The third-order valence-corrected chi connectivity index (χ3v) is 4.59. The summed E-state index contributed by atoms with van der Waals surface area (Å²) in [5.41, 5.74) is 3.37. The van der Waals surface area contributed by atoms with Crippen molar-refractivity contribution in [2.24, 2.45) is 0 Å². The van der Waals surface area contributed by atoms with Crippen LogP contribution in [0.3, 0.4) is 0 Å². The number of nitrogens with one attached hydrogen (secondary N) is 1. The predicted molar refractivity (Wildman–Crippen MR) is 96.0 cm³/mol. The van der Waals surface area contributed by atoms with Crippen molar-refractivity contribution in [2.75, 3.05) is 24.7 Å². The summed E-state index contributed by atoms with van der Waals surface area (Å²) in [4.78, 5) is 13.7. The highest BCUT2D eigenvalue weighted by molar-refractivity contribution is 5.95. The summed E-state index contributed by atoms with van der Waals surface area (Å²) in [6.45, 7) is 3.60. The van der Waals surface area contributed by atoms with Crippen LogP contribution < -0.4 is 19.7 Å². The number of anilines is 1. The number of carbonyl (C=O) groups excluding carboxylic acids is 1. The van der Waals surface area contributed by atoms with Crippen molar-refractivity contribution < 1.29 is 14.3 Å². The van der Waals surface area contributed by atoms with E-state index in [9.17, 15) is 4.79 Å². The Morgan fingerprint density at radius 1 is 0.920 bits per heavy atom. The van der Waals surface area contributed by atoms with Crippen molar-refractivity contribution in [1.29, 1.82) is 0 Å². The van der Waals surface area contributed by atoms with E-state index in [0.717, 1.165) is 43.2 Å². The molecule has 0 aromatic heterocycles. The molecule has 5 nitrogen and oxygen atoms in total. The molecule has 0 unspecified atom stereocenters. The van der Waals surface area contributed by atoms with Crippen molar-refractivity contribution in [3.8, 4) is 11.5 Å². The van der Waals surface area contributed by atoms with Gasteiger partial charge in [0.05, 0.1) is 0 Å². The second-order valence-electron chi connectivity index (χ2n) is 6.40. The fourth-order valence-electron chi connectivity index (χ4n) is 3.26. The lowest BCUT2D eigenvalue weighted by molar-refractivity contribution is -0.117. The van der Waals surface area contributed by atoms with Crippen LogP contribution in [-0.2, 0) is 17.9 Å². The average Bonchev–Trinajstić information content (AvgIpc) is 3.08. The van der Waals surface area contributed by atoms with Crippen LogP contribution in [0.1, 0.15) is 24.0 Å². The third-order valence-electron chi connectivity index (χ3n) is 4.59. The Kier molecular flexibility index (Phi) is 4.57. The highest BCUT2D eigenvalue weighted by Gasteiger charge is 2.21. The largest absolute Gasteiger partial charge is 0.486 e. The molecule has 0 bridgehead atoms. The Morgan fingerprint density at radius 3 is 2.40 bits per heavy atom. The van der Waals surface area contributed by atoms with Crippen LogP contribution >= 0.6 is 0 Å². The van der Waals surface area contributed by atoms with Crippen LogP contribution in [0, 0.1) is 0 Å². The van der Waals surface area contributed by atoms with Gasteiger partial charge in [-0.05, 0) is 41.8 Å². The standard InChI is InChI=1S/C20H22N2O3/c23-20-2-1-9-22(20)17-6-3-15(4-7-17)13-21-14-16-5-8-18-19(12-16)25-11-10-24-18/h3-8,12,21H,1-2,9-11,13-14H2. The molecule has 25 heavy (non-hydrogen) atoms. The number of hydrogen-bond donors (Lipinski definition) is 1. The Bertz CT molecular complexity index is 758. The number of rotatable bonds is 5. The van der Waals surface area contributed by atoms with Crippen LogP contribution in [0.25, 0.3) is 0 Å². The van der Waals surface area contributed by atoms with Gasteiger partial charge in [-0.15, -0.1) is 0 Å². The van der Waals surface area contributed by atoms with Crippen LogP contribution in [0.5, 0.6) is 11.5 Å². The minimum atomic E-state index is 0.226. The molecule has 1 amide bonds. The molecule has 0 atom stereocenters. The molecule has 2 heterocycles. The monoisotopic (exact) mass is 338 g/mol. The van der Waals surface area contributed by atoms with Crippen molar-refractivity contribution in [1.82, 2.24) is 5.32 Å². The van der Waals surface area contributed by atoms with Gasteiger partial charge in [-0.2, -0.15) is 0 Å². The van der Waals surface area contributed by atoms with E-state index in [1.165, 1.54) is 11.1 Å². The van der Waals surface area contributed by atoms with Gasteiger partial charge in [0.1, 0.15) is 13.2 Å². The van der Waals surface area contributed by atoms with Crippen molar-refractivity contribution >= 4 is 11.6 Å². The highest BCUT2D eigenvalue weighted by atomic mass is 16.6. The first-order valence-electron chi connectivity index (χ1n) is 8.78. The van der Waals surface area contributed by atoms with Crippen LogP contribution in [0.4, 0.5) is 5.69 Å². The lowest BCUT2D eigenvalue weighted by Crippen LogP contribution is -2.23. The number of carbonyl (C=O) groups is 1. The smallest absolute Gasteiger partial charge is 0.227 e. The van der Waals surface area contributed by atoms with Gasteiger partial charge in [0.15, 0.2) is 11.5 Å². The first-order chi connectivity index (χ1) is 12.3. The highest BCUT2D eigenvalue weighted by Crippen LogP contribution is 2.30. The van der Waals surface area contributed by atoms with Gasteiger partial charge in [-0.3, -0.25) is 4.79 Å². The Morgan fingerprint density at radius 2 is 1.64 bits per heavy atom. The summed E-state index contributed by atoms with van der Waals surface area (Å²) in [6.07, 6.45) is 1.62. The van der Waals surface area contributed by atoms with Crippen LogP contribution in [0.15, 0.2) is 42.5 Å². The van der Waals surface area contributed by atoms with Crippen LogP contribution in [0.2, 0.25) is 0 Å². The zero-order chi connectivity index (χ0) is 17.1. The molecule has 1 fully saturated rings. The maximum Gasteiger partial charge on any atom is 0.227 e. The van der Waals surface area contributed by atoms with E-state index in [4.69, 9.17) is 9.47 Å². The molecule has 2 aromatic rings. The molecule has 5 heteroatoms. The van der Waals surface area contributed by atoms with E-state index in [2.05, 4.69) is 23.5 Å². The maximum atomic E-state index is 11.8. The second-order valence-corrected chi connectivity index (χ2v) is 6.40. The van der Waals surface area contributed by atoms with E-state index < -0.39 is 0 Å². The van der Waals surface area contributed by atoms with Crippen molar-refractivity contribution in [2.45, 2.75) is 25.9 Å². The molecular weight excluding hydrogens is 316 g/mol. The molecular formula is C20H22N2O3. The predicted octanol–water partition coefficient (Wildman–Crippen LogP) is 2.87. The summed E-state index contributed by atoms with van der Waals surface area (Å²) < 4.78 is 11.2. The summed E-state index contributed by atoms with van der Waals surface area (Å²) in [5, 5.41) is 3.45. The number of benzene rings is 2. The SMILES string of the molecule is O=C1CCCN1c1ccc(CNCc2ccc3c(c2)OCCO3)cc1. The summed E-state index contributed by atoms with van der Waals surface area (Å²) in [5.74, 6) is 1.87. The molecule has 2 aliphatic rings. The molecule has 0 aliphatic carbocycles. The Hall–Kier alpha value is -2.53. The van der Waals surface area contributed by atoms with Crippen molar-refractivity contribution in [3.05, 3.63) is 53.6 Å². The minimum absolute atomic E-state index is 0.226. The molecule has 0 spiro atoms. The first kappa shape index (κ1) is 16.0. The normalized spacial score (nSPS) is 16.3. The number of ether oxygens (including phenoxy) is 2. The molecule has 130 valence electrons. The fraction of sp³-hybridized carbons (Fsp3) is 0.350. The Labute approximate surface area is 147 Å². The molecule has 2 aliphatic heterocycles. The van der Waals surface area contributed by atoms with E-state index in [1.54, 1.807) is 0 Å². The molecule has 0 radical (unpaired) electrons. The molecule has 0 saturated carbocycles. The summed E-state index contributed by atoms with van der Waals surface area (Å²) >= 11 is 0. The third kappa shape index (κ3) is 3.61. The molecule has 2 aromatic carbocycles. The molecule has 1 saturated heterocycles. The van der Waals surface area contributed by atoms with E-state index in [0.29, 0.717) is 19.6 Å². The first-order valence-corrected chi connectivity index (χ1v) is 8.78. The molecule has 4 rings (SSSR count). The van der Waals surface area contributed by atoms with Gasteiger partial charge in [0, 0.05) is 31.7 Å². The zero-order valence-electron chi connectivity index (χ0n) is 14.2. The minimum Gasteiger partial charge on any atom is -0.486 e. The lowest BCUT2D eigenvalue weighted by Gasteiger charge is -2.19. The van der Waals surface area contributed by atoms with Gasteiger partial charge in [0.2, 0.25) is 5.91 Å². The van der Waals surface area contributed by atoms with E-state index >= 15 is 0 Å². The van der Waals surface area contributed by atoms with Gasteiger partial charge >= 0.3 is 0 Å². The quantitative estimate of drug-likeness (QED) is 0.911. The van der Waals surface area contributed by atoms with Crippen molar-refractivity contribution in [3.63, 3.8) is 0 Å². The van der Waals surface area contributed by atoms with E-state index in [1.807, 2.05) is 29.2 Å². The van der Waals surface area contributed by atoms with Crippen LogP contribution in [-0.4, -0.2) is 25.7 Å². The Balaban J connectivity index is 1.32. The van der Waals surface area contributed by atoms with Gasteiger partial charge in [-0.1, -0.05) is 18.2 Å². The number of nitrogens with zero attached hydrogens (tertiary/aromatic N) is 1. The second kappa shape index (κ2) is 7.15. The average molecular weight is 338 g/mol. The van der Waals surface area contributed by atoms with E-state index in [-0.39, 0.29) is 5.91 Å². The number of fused-ring (bicyclic) bond motifs is 1. The topological polar surface area (TPSA) is 50.8 Å². The number of hydrogen-bond acceptors (Lipinski definition) is 4. The maximum absolute atomic E-state index is 11.8.